The monoisotopic (exact) mass is 463 g/mol. The largest absolute Gasteiger partial charge is 0.385 e. The van der Waals surface area contributed by atoms with Crippen LogP contribution in [0.4, 0.5) is 30.8 Å². The summed E-state index contributed by atoms with van der Waals surface area (Å²) >= 11 is 6.44. The van der Waals surface area contributed by atoms with Crippen molar-refractivity contribution >= 4 is 45.7 Å². The Bertz CT molecular complexity index is 1120. The first kappa shape index (κ1) is 22.3. The van der Waals surface area contributed by atoms with Gasteiger partial charge in [0.1, 0.15) is 5.82 Å². The minimum atomic E-state index is -0.991. The maximum Gasteiger partial charge on any atom is 0.323 e. The molecule has 0 atom stereocenters. The van der Waals surface area contributed by atoms with Crippen LogP contribution in [-0.2, 0) is 4.74 Å². The van der Waals surface area contributed by atoms with Crippen molar-refractivity contribution in [2.75, 3.05) is 42.3 Å². The molecule has 4 rings (SSSR count). The third-order valence-corrected chi connectivity index (χ3v) is 5.97. The maximum absolute atomic E-state index is 13.6. The van der Waals surface area contributed by atoms with Crippen molar-refractivity contribution in [3.63, 3.8) is 0 Å². The van der Waals surface area contributed by atoms with Crippen molar-refractivity contribution in [3.8, 4) is 0 Å². The molecule has 1 aliphatic rings. The lowest BCUT2D eigenvalue weighted by molar-refractivity contribution is 0.170. The van der Waals surface area contributed by atoms with Crippen LogP contribution in [0.5, 0.6) is 0 Å². The van der Waals surface area contributed by atoms with Crippen LogP contribution in [0.3, 0.4) is 0 Å². The van der Waals surface area contributed by atoms with Crippen LogP contribution < -0.4 is 15.5 Å². The summed E-state index contributed by atoms with van der Waals surface area (Å²) in [7, 11) is 1.72. The van der Waals surface area contributed by atoms with Gasteiger partial charge in [0, 0.05) is 44.5 Å². The van der Waals surface area contributed by atoms with E-state index >= 15 is 0 Å². The van der Waals surface area contributed by atoms with Gasteiger partial charge in [-0.3, -0.25) is 0 Å². The van der Waals surface area contributed by atoms with Crippen LogP contribution in [0, 0.1) is 17.6 Å². The van der Waals surface area contributed by atoms with Crippen molar-refractivity contribution in [3.05, 3.63) is 47.2 Å². The number of carbonyl (C=O) groups excluding carboxylic acids is 1. The van der Waals surface area contributed by atoms with E-state index in [0.29, 0.717) is 39.0 Å². The Morgan fingerprint density at radius 1 is 1.25 bits per heavy atom. The van der Waals surface area contributed by atoms with Crippen molar-refractivity contribution in [1.29, 1.82) is 0 Å². The second kappa shape index (κ2) is 9.70. The summed E-state index contributed by atoms with van der Waals surface area (Å²) in [6.45, 7) is 2.51. The van der Waals surface area contributed by atoms with Gasteiger partial charge in [-0.2, -0.15) is 0 Å². The van der Waals surface area contributed by atoms with Gasteiger partial charge >= 0.3 is 6.03 Å². The van der Waals surface area contributed by atoms with Crippen molar-refractivity contribution < 1.29 is 18.3 Å². The fourth-order valence-electron chi connectivity index (χ4n) is 3.95. The van der Waals surface area contributed by atoms with Crippen LogP contribution in [0.2, 0.25) is 5.02 Å². The van der Waals surface area contributed by atoms with E-state index in [2.05, 4.69) is 25.5 Å². The number of piperidine rings is 1. The van der Waals surface area contributed by atoms with E-state index in [0.717, 1.165) is 51.1 Å². The normalized spacial score (nSPS) is 14.7. The second-order valence-corrected chi connectivity index (χ2v) is 8.24. The Labute approximate surface area is 189 Å². The third-order valence-electron chi connectivity index (χ3n) is 5.69. The van der Waals surface area contributed by atoms with Crippen LogP contribution >= 0.6 is 11.6 Å². The number of aromatic nitrogens is 2. The molecule has 0 unspecified atom stereocenters. The van der Waals surface area contributed by atoms with Gasteiger partial charge < -0.3 is 25.3 Å². The van der Waals surface area contributed by atoms with Crippen LogP contribution in [0.25, 0.3) is 10.9 Å². The molecule has 3 aromatic rings. The molecule has 2 amide bonds. The maximum atomic E-state index is 13.6. The lowest BCUT2D eigenvalue weighted by Gasteiger charge is -2.33. The van der Waals surface area contributed by atoms with Gasteiger partial charge in [0.15, 0.2) is 11.6 Å². The zero-order valence-corrected chi connectivity index (χ0v) is 18.3. The second-order valence-electron chi connectivity index (χ2n) is 7.83. The van der Waals surface area contributed by atoms with Crippen LogP contribution in [0.1, 0.15) is 19.3 Å². The molecule has 3 N–H and O–H groups in total. The number of anilines is 3. The molecule has 1 aliphatic heterocycles. The first-order valence-corrected chi connectivity index (χ1v) is 10.8. The van der Waals surface area contributed by atoms with E-state index in [1.54, 1.807) is 19.4 Å². The van der Waals surface area contributed by atoms with E-state index in [1.807, 2.05) is 0 Å². The number of aromatic amines is 1. The fourth-order valence-corrected chi connectivity index (χ4v) is 4.24. The average Bonchev–Trinajstić information content (AvgIpc) is 3.14. The van der Waals surface area contributed by atoms with Crippen molar-refractivity contribution in [1.82, 2.24) is 9.97 Å². The fraction of sp³-hybridized carbons (Fsp3) is 0.364. The third kappa shape index (κ3) is 4.94. The Hall–Kier alpha value is -2.91. The number of fused-ring (bicyclic) bond motifs is 1. The summed E-state index contributed by atoms with van der Waals surface area (Å²) in [4.78, 5) is 21.8. The summed E-state index contributed by atoms with van der Waals surface area (Å²) in [6, 6.07) is 3.16. The molecule has 0 spiro atoms. The number of nitrogens with one attached hydrogen (secondary N) is 3. The molecule has 7 nitrogen and oxygen atoms in total. The summed E-state index contributed by atoms with van der Waals surface area (Å²) in [5, 5.41) is 6.09. The van der Waals surface area contributed by atoms with Gasteiger partial charge in [-0.25, -0.2) is 18.6 Å². The minimum Gasteiger partial charge on any atom is -0.385 e. The van der Waals surface area contributed by atoms with Crippen LogP contribution in [-0.4, -0.2) is 42.8 Å². The molecule has 2 aromatic heterocycles. The smallest absolute Gasteiger partial charge is 0.323 e. The summed E-state index contributed by atoms with van der Waals surface area (Å²) in [5.74, 6) is -0.619. The molecule has 32 heavy (non-hydrogen) atoms. The molecule has 0 saturated carbocycles. The quantitative estimate of drug-likeness (QED) is 0.457. The molecule has 10 heteroatoms. The SMILES string of the molecule is COCCC1CCN(c2ncc(NC(=O)Nc3c[nH]c4cc(F)c(F)cc34)cc2Cl)CC1. The number of urea groups is 1. The predicted molar refractivity (Wildman–Crippen MR) is 122 cm³/mol. The predicted octanol–water partition coefficient (Wildman–Crippen LogP) is 5.39. The molecule has 3 heterocycles. The average molecular weight is 464 g/mol. The van der Waals surface area contributed by atoms with E-state index < -0.39 is 17.7 Å². The topological polar surface area (TPSA) is 82.3 Å². The van der Waals surface area contributed by atoms with Gasteiger partial charge in [0.25, 0.3) is 0 Å². The van der Waals surface area contributed by atoms with Crippen molar-refractivity contribution in [2.24, 2.45) is 5.92 Å². The molecular weight excluding hydrogens is 440 g/mol. The molecule has 1 saturated heterocycles. The van der Waals surface area contributed by atoms with Crippen molar-refractivity contribution in [2.45, 2.75) is 19.3 Å². The van der Waals surface area contributed by atoms with E-state index in [1.165, 1.54) is 6.20 Å². The number of hydrogen-bond donors (Lipinski definition) is 3. The summed E-state index contributed by atoms with van der Waals surface area (Å²) in [5.41, 5.74) is 1.12. The zero-order valence-electron chi connectivity index (χ0n) is 17.6. The highest BCUT2D eigenvalue weighted by Gasteiger charge is 2.22. The number of methoxy groups -OCH3 is 1. The number of amides is 2. The molecule has 0 radical (unpaired) electrons. The van der Waals surface area contributed by atoms with Gasteiger partial charge in [-0.1, -0.05) is 11.6 Å². The highest BCUT2D eigenvalue weighted by molar-refractivity contribution is 6.33. The Morgan fingerprint density at radius 2 is 2.00 bits per heavy atom. The molecule has 1 aromatic carbocycles. The number of H-pyrrole nitrogens is 1. The minimum absolute atomic E-state index is 0.323. The standard InChI is InChI=1S/C22H24ClF2N5O2/c1-32-7-4-13-2-5-30(6-3-13)21-16(23)8-14(11-27-21)28-22(31)29-20-12-26-19-10-18(25)17(24)9-15(19)20/h8-13,26H,2-7H2,1H3,(H2,28,29,31). The molecule has 1 fully saturated rings. The lowest BCUT2D eigenvalue weighted by Crippen LogP contribution is -2.34. The first-order chi connectivity index (χ1) is 15.4. The molecule has 0 aliphatic carbocycles. The zero-order chi connectivity index (χ0) is 22.7. The number of pyridine rings is 1. The number of nitrogens with zero attached hydrogens (tertiary/aromatic N) is 2. The Morgan fingerprint density at radius 3 is 2.72 bits per heavy atom. The summed E-state index contributed by atoms with van der Waals surface area (Å²) < 4.78 is 32.1. The van der Waals surface area contributed by atoms with Crippen LogP contribution in [0.15, 0.2) is 30.6 Å². The number of benzene rings is 1. The number of ether oxygens (including phenoxy) is 1. The highest BCUT2D eigenvalue weighted by atomic mass is 35.5. The highest BCUT2D eigenvalue weighted by Crippen LogP contribution is 2.31. The van der Waals surface area contributed by atoms with E-state index in [9.17, 15) is 13.6 Å². The number of rotatable bonds is 6. The van der Waals surface area contributed by atoms with Gasteiger partial charge in [0.2, 0.25) is 0 Å². The van der Waals surface area contributed by atoms with Gasteiger partial charge in [-0.05, 0) is 37.3 Å². The van der Waals surface area contributed by atoms with E-state index in [4.69, 9.17) is 16.3 Å². The van der Waals surface area contributed by atoms with Gasteiger partial charge in [0.05, 0.1) is 28.1 Å². The van der Waals surface area contributed by atoms with E-state index in [-0.39, 0.29) is 0 Å². The molecule has 0 bridgehead atoms. The number of hydrogen-bond acceptors (Lipinski definition) is 4. The number of carbonyl (C=O) groups is 1. The summed E-state index contributed by atoms with van der Waals surface area (Å²) in [6.07, 6.45) is 6.18. The molecular formula is C22H24ClF2N5O2. The Balaban J connectivity index is 1.38. The Kier molecular flexibility index (Phi) is 6.76. The molecule has 170 valence electrons. The lowest BCUT2D eigenvalue weighted by atomic mass is 9.94. The number of halogens is 3. The van der Waals surface area contributed by atoms with Gasteiger partial charge in [-0.15, -0.1) is 0 Å². The first-order valence-electron chi connectivity index (χ1n) is 10.4.